The molecule has 0 radical (unpaired) electrons. The largest absolute Gasteiger partial charge is 0.493 e. The van der Waals surface area contributed by atoms with E-state index in [0.29, 0.717) is 18.0 Å². The van der Waals surface area contributed by atoms with E-state index >= 15 is 0 Å². The Labute approximate surface area is 142 Å². The molecule has 0 spiro atoms. The van der Waals surface area contributed by atoms with E-state index in [0.717, 1.165) is 23.4 Å². The van der Waals surface area contributed by atoms with E-state index in [1.165, 1.54) is 5.56 Å². The Morgan fingerprint density at radius 1 is 1.21 bits per heavy atom. The number of benzene rings is 1. The van der Waals surface area contributed by atoms with Crippen LogP contribution in [0.15, 0.2) is 30.3 Å². The molecular weight excluding hydrogens is 304 g/mol. The second-order valence-electron chi connectivity index (χ2n) is 5.97. The highest BCUT2D eigenvalue weighted by molar-refractivity contribution is 5.75. The van der Waals surface area contributed by atoms with Gasteiger partial charge in [-0.25, -0.2) is 0 Å². The summed E-state index contributed by atoms with van der Waals surface area (Å²) in [6, 6.07) is 9.68. The van der Waals surface area contributed by atoms with Crippen molar-refractivity contribution >= 4 is 5.91 Å². The van der Waals surface area contributed by atoms with Crippen LogP contribution in [0.3, 0.4) is 0 Å². The summed E-state index contributed by atoms with van der Waals surface area (Å²) in [5, 5.41) is 0. The average molecular weight is 326 g/mol. The van der Waals surface area contributed by atoms with Gasteiger partial charge in [0, 0.05) is 19.2 Å². The van der Waals surface area contributed by atoms with E-state index in [9.17, 15) is 4.79 Å². The second kappa shape index (κ2) is 6.51. The first-order valence-electron chi connectivity index (χ1n) is 8.00. The molecule has 5 nitrogen and oxygen atoms in total. The van der Waals surface area contributed by atoms with E-state index in [4.69, 9.17) is 9.47 Å². The van der Waals surface area contributed by atoms with Gasteiger partial charge in [0.1, 0.15) is 0 Å². The normalized spacial score (nSPS) is 16.5. The zero-order valence-corrected chi connectivity index (χ0v) is 14.5. The fourth-order valence-corrected chi connectivity index (χ4v) is 3.32. The fraction of sp³-hybridized carbons (Fsp3) is 0.368. The third kappa shape index (κ3) is 2.82. The number of amides is 1. The van der Waals surface area contributed by atoms with Crippen molar-refractivity contribution in [3.05, 3.63) is 52.8 Å². The first-order chi connectivity index (χ1) is 11.5. The van der Waals surface area contributed by atoms with E-state index in [2.05, 4.69) is 4.98 Å². The molecule has 1 aromatic carbocycles. The number of hydrogen-bond acceptors (Lipinski definition) is 4. The van der Waals surface area contributed by atoms with Crippen LogP contribution >= 0.6 is 0 Å². The van der Waals surface area contributed by atoms with Gasteiger partial charge in [-0.05, 0) is 48.7 Å². The zero-order valence-electron chi connectivity index (χ0n) is 14.5. The molecule has 2 heterocycles. The minimum absolute atomic E-state index is 0.0451. The molecule has 0 bridgehead atoms. The maximum Gasteiger partial charge on any atom is 0.220 e. The summed E-state index contributed by atoms with van der Waals surface area (Å²) in [4.78, 5) is 18.7. The Hall–Kier alpha value is -2.56. The molecule has 1 atom stereocenters. The number of pyridine rings is 1. The highest BCUT2D eigenvalue weighted by Gasteiger charge is 2.32. The molecule has 0 aliphatic carbocycles. The second-order valence-corrected chi connectivity index (χ2v) is 5.97. The van der Waals surface area contributed by atoms with Gasteiger partial charge in [-0.2, -0.15) is 0 Å². The quantitative estimate of drug-likeness (QED) is 0.870. The Balaban J connectivity index is 2.18. The fourth-order valence-electron chi connectivity index (χ4n) is 3.32. The number of aryl methyl sites for hydroxylation is 1. The monoisotopic (exact) mass is 326 g/mol. The van der Waals surface area contributed by atoms with Crippen LogP contribution in [-0.4, -0.2) is 36.6 Å². The molecule has 1 amide bonds. The summed E-state index contributed by atoms with van der Waals surface area (Å²) in [5.41, 5.74) is 4.02. The third-order valence-electron chi connectivity index (χ3n) is 4.47. The highest BCUT2D eigenvalue weighted by atomic mass is 16.5. The summed E-state index contributed by atoms with van der Waals surface area (Å²) in [6.45, 7) is 4.23. The number of methoxy groups -OCH3 is 2. The lowest BCUT2D eigenvalue weighted by molar-refractivity contribution is -0.130. The number of nitrogens with zero attached hydrogens (tertiary/aromatic N) is 2. The molecule has 24 heavy (non-hydrogen) atoms. The molecule has 126 valence electrons. The van der Waals surface area contributed by atoms with Crippen molar-refractivity contribution in [2.24, 2.45) is 0 Å². The summed E-state index contributed by atoms with van der Waals surface area (Å²) >= 11 is 0. The van der Waals surface area contributed by atoms with Gasteiger partial charge in [0.05, 0.1) is 26.0 Å². The molecule has 1 aliphatic heterocycles. The van der Waals surface area contributed by atoms with E-state index < -0.39 is 0 Å². The summed E-state index contributed by atoms with van der Waals surface area (Å²) in [5.74, 6) is 1.42. The van der Waals surface area contributed by atoms with Crippen molar-refractivity contribution in [1.82, 2.24) is 9.88 Å². The number of rotatable bonds is 3. The van der Waals surface area contributed by atoms with Crippen LogP contribution in [-0.2, 0) is 11.2 Å². The van der Waals surface area contributed by atoms with Gasteiger partial charge in [-0.3, -0.25) is 9.78 Å². The van der Waals surface area contributed by atoms with Gasteiger partial charge in [0.15, 0.2) is 11.5 Å². The van der Waals surface area contributed by atoms with Crippen LogP contribution in [0, 0.1) is 6.92 Å². The van der Waals surface area contributed by atoms with Crippen molar-refractivity contribution in [3.8, 4) is 11.5 Å². The van der Waals surface area contributed by atoms with Gasteiger partial charge in [0.2, 0.25) is 5.91 Å². The van der Waals surface area contributed by atoms with Crippen LogP contribution < -0.4 is 9.47 Å². The van der Waals surface area contributed by atoms with E-state index in [1.54, 1.807) is 21.1 Å². The molecule has 0 saturated heterocycles. The highest BCUT2D eigenvalue weighted by Crippen LogP contribution is 2.40. The van der Waals surface area contributed by atoms with Gasteiger partial charge in [0.25, 0.3) is 0 Å². The summed E-state index contributed by atoms with van der Waals surface area (Å²) in [7, 11) is 3.25. The van der Waals surface area contributed by atoms with Crippen molar-refractivity contribution in [2.75, 3.05) is 20.8 Å². The molecule has 0 saturated carbocycles. The molecule has 5 heteroatoms. The van der Waals surface area contributed by atoms with Crippen molar-refractivity contribution < 1.29 is 14.3 Å². The molecule has 1 unspecified atom stereocenters. The third-order valence-corrected chi connectivity index (χ3v) is 4.47. The summed E-state index contributed by atoms with van der Waals surface area (Å²) in [6.07, 6.45) is 0.789. The maximum absolute atomic E-state index is 12.2. The number of carbonyl (C=O) groups excluding carboxylic acids is 1. The predicted molar refractivity (Wildman–Crippen MR) is 91.5 cm³/mol. The first kappa shape index (κ1) is 16.3. The van der Waals surface area contributed by atoms with Gasteiger partial charge in [-0.1, -0.05) is 6.07 Å². The minimum Gasteiger partial charge on any atom is -0.493 e. The zero-order chi connectivity index (χ0) is 17.3. The number of aromatic nitrogens is 1. The van der Waals surface area contributed by atoms with Gasteiger partial charge in [-0.15, -0.1) is 0 Å². The maximum atomic E-state index is 12.2. The Morgan fingerprint density at radius 2 is 1.92 bits per heavy atom. The molecule has 3 rings (SSSR count). The van der Waals surface area contributed by atoms with E-state index in [1.807, 2.05) is 42.2 Å². The topological polar surface area (TPSA) is 51.7 Å². The van der Waals surface area contributed by atoms with Gasteiger partial charge >= 0.3 is 0 Å². The average Bonchev–Trinajstić information content (AvgIpc) is 2.59. The van der Waals surface area contributed by atoms with Crippen LogP contribution in [0.5, 0.6) is 11.5 Å². The Bertz CT molecular complexity index is 773. The Morgan fingerprint density at radius 3 is 2.54 bits per heavy atom. The number of carbonyl (C=O) groups is 1. The molecular formula is C19H22N2O3. The van der Waals surface area contributed by atoms with Crippen molar-refractivity contribution in [2.45, 2.75) is 26.3 Å². The first-order valence-corrected chi connectivity index (χ1v) is 8.00. The van der Waals surface area contributed by atoms with Crippen LogP contribution in [0.25, 0.3) is 0 Å². The van der Waals surface area contributed by atoms with Crippen LogP contribution in [0.4, 0.5) is 0 Å². The lowest BCUT2D eigenvalue weighted by Gasteiger charge is -2.37. The lowest BCUT2D eigenvalue weighted by Crippen LogP contribution is -2.39. The number of ether oxygens (including phenoxy) is 2. The number of fused-ring (bicyclic) bond motifs is 1. The Kier molecular flexibility index (Phi) is 4.42. The summed E-state index contributed by atoms with van der Waals surface area (Å²) < 4.78 is 10.9. The SMILES string of the molecule is COc1cc2c(cc1OC)C(c1cccc(C)n1)N(C(C)=O)CC2. The molecule has 2 aromatic rings. The number of hydrogen-bond donors (Lipinski definition) is 0. The van der Waals surface area contributed by atoms with Crippen LogP contribution in [0.1, 0.15) is 35.5 Å². The molecule has 1 aromatic heterocycles. The van der Waals surface area contributed by atoms with Crippen molar-refractivity contribution in [3.63, 3.8) is 0 Å². The standard InChI is InChI=1S/C19H22N2O3/c1-12-6-5-7-16(20-12)19-15-11-18(24-4)17(23-3)10-14(15)8-9-21(19)13(2)22/h5-7,10-11,19H,8-9H2,1-4H3. The van der Waals surface area contributed by atoms with E-state index in [-0.39, 0.29) is 11.9 Å². The van der Waals surface area contributed by atoms with Gasteiger partial charge < -0.3 is 14.4 Å². The van der Waals surface area contributed by atoms with Crippen molar-refractivity contribution in [1.29, 1.82) is 0 Å². The molecule has 1 aliphatic rings. The molecule has 0 N–H and O–H groups in total. The lowest BCUT2D eigenvalue weighted by atomic mass is 9.89. The smallest absolute Gasteiger partial charge is 0.220 e. The minimum atomic E-state index is -0.203. The molecule has 0 fully saturated rings. The van der Waals surface area contributed by atoms with Crippen LogP contribution in [0.2, 0.25) is 0 Å². The predicted octanol–water partition coefficient (Wildman–Crippen LogP) is 2.90.